The van der Waals surface area contributed by atoms with Crippen LogP contribution in [0.25, 0.3) is 0 Å². The first-order valence-electron chi connectivity index (χ1n) is 8.02. The zero-order valence-electron chi connectivity index (χ0n) is 13.3. The summed E-state index contributed by atoms with van der Waals surface area (Å²) in [6.07, 6.45) is 6.28. The van der Waals surface area contributed by atoms with Crippen LogP contribution in [0.3, 0.4) is 0 Å². The number of amides is 1. The van der Waals surface area contributed by atoms with Crippen LogP contribution in [0.1, 0.15) is 65.7 Å². The molecular weight excluding hydrogens is 254 g/mol. The van der Waals surface area contributed by atoms with Gasteiger partial charge in [-0.2, -0.15) is 0 Å². The van der Waals surface area contributed by atoms with Crippen molar-refractivity contribution in [3.05, 3.63) is 0 Å². The summed E-state index contributed by atoms with van der Waals surface area (Å²) in [5.41, 5.74) is 0.301. The summed E-state index contributed by atoms with van der Waals surface area (Å²) in [7, 11) is 0. The van der Waals surface area contributed by atoms with Gasteiger partial charge in [0.25, 0.3) is 0 Å². The summed E-state index contributed by atoms with van der Waals surface area (Å²) in [5, 5.41) is 18.6. The summed E-state index contributed by atoms with van der Waals surface area (Å²) in [6.45, 7) is 7.88. The fourth-order valence-corrected chi connectivity index (χ4v) is 3.11. The summed E-state index contributed by atoms with van der Waals surface area (Å²) in [4.78, 5) is 12.4. The number of nitrogens with zero attached hydrogens (tertiary/aromatic N) is 1. The fraction of sp³-hybridized carbons (Fsp3) is 0.938. The highest BCUT2D eigenvalue weighted by Crippen LogP contribution is 2.36. The molecule has 0 aromatic rings. The van der Waals surface area contributed by atoms with Crippen LogP contribution in [-0.4, -0.2) is 40.4 Å². The van der Waals surface area contributed by atoms with E-state index in [9.17, 15) is 9.90 Å². The maximum atomic E-state index is 10.9. The van der Waals surface area contributed by atoms with Crippen LogP contribution in [0.15, 0.2) is 0 Å². The van der Waals surface area contributed by atoms with Crippen LogP contribution < -0.4 is 0 Å². The second kappa shape index (κ2) is 7.87. The maximum absolute atomic E-state index is 10.9. The minimum atomic E-state index is -0.783. The minimum absolute atomic E-state index is 0.153. The third-order valence-electron chi connectivity index (χ3n) is 4.86. The van der Waals surface area contributed by atoms with Gasteiger partial charge in [0.2, 0.25) is 0 Å². The van der Waals surface area contributed by atoms with Crippen molar-refractivity contribution in [3.63, 3.8) is 0 Å². The summed E-state index contributed by atoms with van der Waals surface area (Å²) >= 11 is 0. The zero-order chi connectivity index (χ0) is 15.2. The van der Waals surface area contributed by atoms with Gasteiger partial charge in [0.1, 0.15) is 0 Å². The molecule has 0 spiro atoms. The number of hydrogen-bond acceptors (Lipinski definition) is 2. The van der Waals surface area contributed by atoms with Crippen molar-refractivity contribution >= 4 is 6.09 Å². The number of carboxylic acid groups (broad SMARTS) is 1. The number of rotatable bonds is 7. The Balaban J connectivity index is 2.23. The average Bonchev–Trinajstić information content (AvgIpc) is 2.38. The number of likely N-dealkylation sites (tertiary alicyclic amines) is 1. The van der Waals surface area contributed by atoms with Gasteiger partial charge in [-0.05, 0) is 43.4 Å². The van der Waals surface area contributed by atoms with Crippen LogP contribution in [-0.2, 0) is 0 Å². The Labute approximate surface area is 123 Å². The van der Waals surface area contributed by atoms with E-state index in [-0.39, 0.29) is 6.10 Å². The maximum Gasteiger partial charge on any atom is 0.407 e. The molecule has 0 aromatic heterocycles. The summed E-state index contributed by atoms with van der Waals surface area (Å²) in [6, 6.07) is 0. The molecule has 2 unspecified atom stereocenters. The van der Waals surface area contributed by atoms with Crippen LogP contribution in [0.2, 0.25) is 0 Å². The predicted molar refractivity (Wildman–Crippen MR) is 80.9 cm³/mol. The predicted octanol–water partition coefficient (Wildman–Crippen LogP) is 3.73. The molecule has 1 amide bonds. The Morgan fingerprint density at radius 2 is 1.95 bits per heavy atom. The standard InChI is InChI=1S/C16H31NO3/c1-4-14(18)12-13(2)6-5-7-16(3)8-10-17(11-9-16)15(19)20/h13-14,18H,4-12H2,1-3H3,(H,19,20). The van der Waals surface area contributed by atoms with Gasteiger partial charge in [-0.25, -0.2) is 4.79 Å². The van der Waals surface area contributed by atoms with Crippen molar-refractivity contribution < 1.29 is 15.0 Å². The van der Waals surface area contributed by atoms with Crippen LogP contribution in [0, 0.1) is 11.3 Å². The first kappa shape index (κ1) is 17.3. The van der Waals surface area contributed by atoms with Crippen LogP contribution >= 0.6 is 0 Å². The molecular formula is C16H31NO3. The van der Waals surface area contributed by atoms with Gasteiger partial charge in [-0.1, -0.05) is 33.6 Å². The van der Waals surface area contributed by atoms with Gasteiger partial charge >= 0.3 is 6.09 Å². The topological polar surface area (TPSA) is 60.8 Å². The molecule has 118 valence electrons. The Morgan fingerprint density at radius 3 is 2.45 bits per heavy atom. The molecule has 0 bridgehead atoms. The largest absolute Gasteiger partial charge is 0.465 e. The molecule has 0 saturated carbocycles. The Hall–Kier alpha value is -0.770. The minimum Gasteiger partial charge on any atom is -0.465 e. The van der Waals surface area contributed by atoms with E-state index in [1.54, 1.807) is 0 Å². The highest BCUT2D eigenvalue weighted by Gasteiger charge is 2.31. The second-order valence-electron chi connectivity index (χ2n) is 6.88. The Kier molecular flexibility index (Phi) is 6.80. The van der Waals surface area contributed by atoms with Crippen LogP contribution in [0.5, 0.6) is 0 Å². The lowest BCUT2D eigenvalue weighted by molar-refractivity contribution is 0.0902. The van der Waals surface area contributed by atoms with E-state index in [1.807, 2.05) is 6.92 Å². The van der Waals surface area contributed by atoms with E-state index in [2.05, 4.69) is 13.8 Å². The second-order valence-corrected chi connectivity index (χ2v) is 6.88. The number of aliphatic hydroxyl groups is 1. The van der Waals surface area contributed by atoms with Crippen molar-refractivity contribution in [2.45, 2.75) is 71.8 Å². The van der Waals surface area contributed by atoms with Crippen molar-refractivity contribution in [1.82, 2.24) is 4.90 Å². The number of hydrogen-bond donors (Lipinski definition) is 2. The van der Waals surface area contributed by atoms with Gasteiger partial charge in [-0.15, -0.1) is 0 Å². The van der Waals surface area contributed by atoms with E-state index < -0.39 is 6.09 Å². The Morgan fingerprint density at radius 1 is 1.35 bits per heavy atom. The third kappa shape index (κ3) is 5.70. The fourth-order valence-electron chi connectivity index (χ4n) is 3.11. The van der Waals surface area contributed by atoms with Crippen molar-refractivity contribution in [3.8, 4) is 0 Å². The first-order chi connectivity index (χ1) is 9.36. The molecule has 0 radical (unpaired) electrons. The lowest BCUT2D eigenvalue weighted by atomic mass is 9.76. The monoisotopic (exact) mass is 285 g/mol. The van der Waals surface area contributed by atoms with E-state index in [0.29, 0.717) is 24.4 Å². The van der Waals surface area contributed by atoms with E-state index >= 15 is 0 Å². The average molecular weight is 285 g/mol. The van der Waals surface area contributed by atoms with E-state index in [4.69, 9.17) is 5.11 Å². The van der Waals surface area contributed by atoms with Gasteiger partial charge in [-0.3, -0.25) is 0 Å². The molecule has 1 heterocycles. The smallest absolute Gasteiger partial charge is 0.407 e. The lowest BCUT2D eigenvalue weighted by Gasteiger charge is -2.38. The van der Waals surface area contributed by atoms with E-state index in [0.717, 1.165) is 32.1 Å². The van der Waals surface area contributed by atoms with Gasteiger partial charge in [0.15, 0.2) is 0 Å². The highest BCUT2D eigenvalue weighted by atomic mass is 16.4. The zero-order valence-corrected chi connectivity index (χ0v) is 13.3. The quantitative estimate of drug-likeness (QED) is 0.749. The van der Waals surface area contributed by atoms with Crippen molar-refractivity contribution in [2.75, 3.05) is 13.1 Å². The molecule has 20 heavy (non-hydrogen) atoms. The molecule has 0 aromatic carbocycles. The molecule has 4 heteroatoms. The number of aliphatic hydroxyl groups excluding tert-OH is 1. The van der Waals surface area contributed by atoms with Crippen molar-refractivity contribution in [1.29, 1.82) is 0 Å². The van der Waals surface area contributed by atoms with Crippen molar-refractivity contribution in [2.24, 2.45) is 11.3 Å². The SMILES string of the molecule is CCC(O)CC(C)CCCC1(C)CCN(C(=O)O)CC1. The molecule has 1 aliphatic rings. The Bertz CT molecular complexity index is 298. The molecule has 1 fully saturated rings. The molecule has 1 rings (SSSR count). The highest BCUT2D eigenvalue weighted by molar-refractivity contribution is 5.65. The molecule has 1 aliphatic heterocycles. The third-order valence-corrected chi connectivity index (χ3v) is 4.86. The number of carbonyl (C=O) groups is 1. The normalized spacial score (nSPS) is 21.5. The lowest BCUT2D eigenvalue weighted by Crippen LogP contribution is -2.41. The number of piperidine rings is 1. The van der Waals surface area contributed by atoms with Gasteiger partial charge in [0.05, 0.1) is 6.10 Å². The first-order valence-corrected chi connectivity index (χ1v) is 8.02. The summed E-state index contributed by atoms with van der Waals surface area (Å²) < 4.78 is 0. The molecule has 2 atom stereocenters. The molecule has 4 nitrogen and oxygen atoms in total. The van der Waals surface area contributed by atoms with Crippen LogP contribution in [0.4, 0.5) is 4.79 Å². The van der Waals surface area contributed by atoms with Gasteiger partial charge < -0.3 is 15.1 Å². The molecule has 1 saturated heterocycles. The van der Waals surface area contributed by atoms with E-state index in [1.165, 1.54) is 17.7 Å². The molecule has 0 aliphatic carbocycles. The summed E-state index contributed by atoms with van der Waals surface area (Å²) in [5.74, 6) is 0.577. The molecule has 2 N–H and O–H groups in total. The van der Waals surface area contributed by atoms with Gasteiger partial charge in [0, 0.05) is 13.1 Å².